The molecule has 0 atom stereocenters. The molecule has 1 N–H and O–H groups in total. The summed E-state index contributed by atoms with van der Waals surface area (Å²) >= 11 is 1.97. The van der Waals surface area contributed by atoms with Gasteiger partial charge >= 0.3 is 0 Å². The smallest absolute Gasteiger partial charge is 0.129 e. The lowest BCUT2D eigenvalue weighted by atomic mass is 10.1. The largest absolute Gasteiger partial charge is 0.370 e. The van der Waals surface area contributed by atoms with Crippen LogP contribution >= 0.6 is 11.8 Å². The summed E-state index contributed by atoms with van der Waals surface area (Å²) in [5.74, 6) is 2.17. The fourth-order valence-corrected chi connectivity index (χ4v) is 3.03. The average molecular weight is 268 g/mol. The third kappa shape index (κ3) is 3.39. The van der Waals surface area contributed by atoms with Crippen molar-refractivity contribution in [1.29, 1.82) is 0 Å². The van der Waals surface area contributed by atoms with E-state index in [2.05, 4.69) is 24.1 Å². The van der Waals surface area contributed by atoms with E-state index in [0.29, 0.717) is 12.6 Å². The Morgan fingerprint density at radius 2 is 2.06 bits per heavy atom. The van der Waals surface area contributed by atoms with Gasteiger partial charge in [0.25, 0.3) is 0 Å². The molecule has 2 rings (SSSR count). The van der Waals surface area contributed by atoms with Crippen LogP contribution in [-0.2, 0) is 6.54 Å². The van der Waals surface area contributed by atoms with Gasteiger partial charge in [0.1, 0.15) is 5.82 Å². The third-order valence-electron chi connectivity index (χ3n) is 3.13. The molecule has 100 valence electrons. The van der Waals surface area contributed by atoms with E-state index in [1.807, 2.05) is 23.9 Å². The molecule has 1 heterocycles. The maximum absolute atomic E-state index is 14.0. The van der Waals surface area contributed by atoms with Crippen molar-refractivity contribution in [3.63, 3.8) is 0 Å². The molecule has 1 aliphatic rings. The Balaban J connectivity index is 2.19. The maximum atomic E-state index is 14.0. The quantitative estimate of drug-likeness (QED) is 0.904. The van der Waals surface area contributed by atoms with Crippen molar-refractivity contribution in [3.8, 4) is 0 Å². The number of rotatable bonds is 4. The summed E-state index contributed by atoms with van der Waals surface area (Å²) < 4.78 is 14.0. The summed E-state index contributed by atoms with van der Waals surface area (Å²) in [5, 5.41) is 3.31. The molecule has 0 radical (unpaired) electrons. The second-order valence-corrected chi connectivity index (χ2v) is 6.10. The molecular weight excluding hydrogens is 247 g/mol. The Kier molecular flexibility index (Phi) is 4.89. The second-order valence-electron chi connectivity index (χ2n) is 4.87. The van der Waals surface area contributed by atoms with Crippen molar-refractivity contribution in [2.75, 3.05) is 29.5 Å². The first kappa shape index (κ1) is 13.7. The number of anilines is 1. The van der Waals surface area contributed by atoms with Crippen molar-refractivity contribution < 1.29 is 4.39 Å². The molecule has 0 unspecified atom stereocenters. The summed E-state index contributed by atoms with van der Waals surface area (Å²) in [6, 6.07) is 5.77. The van der Waals surface area contributed by atoms with Gasteiger partial charge in [0, 0.05) is 48.4 Å². The number of benzene rings is 1. The predicted molar refractivity (Wildman–Crippen MR) is 77.9 cm³/mol. The van der Waals surface area contributed by atoms with E-state index in [1.165, 1.54) is 0 Å². The molecule has 1 aromatic rings. The molecular formula is C14H21FN2S. The molecule has 0 bridgehead atoms. The summed E-state index contributed by atoms with van der Waals surface area (Å²) in [7, 11) is 0. The summed E-state index contributed by atoms with van der Waals surface area (Å²) in [4.78, 5) is 2.30. The van der Waals surface area contributed by atoms with Crippen LogP contribution in [0.5, 0.6) is 0 Å². The first-order chi connectivity index (χ1) is 8.68. The van der Waals surface area contributed by atoms with Gasteiger partial charge in [-0.2, -0.15) is 11.8 Å². The van der Waals surface area contributed by atoms with Crippen LogP contribution < -0.4 is 10.2 Å². The van der Waals surface area contributed by atoms with Crippen LogP contribution in [0.4, 0.5) is 10.1 Å². The molecule has 1 aromatic carbocycles. The Bertz CT molecular complexity index is 389. The lowest BCUT2D eigenvalue weighted by Crippen LogP contribution is -2.34. The topological polar surface area (TPSA) is 15.3 Å². The van der Waals surface area contributed by atoms with Gasteiger partial charge in [0.05, 0.1) is 0 Å². The highest BCUT2D eigenvalue weighted by atomic mass is 32.2. The number of hydrogen-bond donors (Lipinski definition) is 1. The van der Waals surface area contributed by atoms with Gasteiger partial charge in [0.15, 0.2) is 0 Å². The van der Waals surface area contributed by atoms with Gasteiger partial charge in [-0.25, -0.2) is 4.39 Å². The lowest BCUT2D eigenvalue weighted by Gasteiger charge is -2.30. The van der Waals surface area contributed by atoms with Gasteiger partial charge < -0.3 is 10.2 Å². The first-order valence-corrected chi connectivity index (χ1v) is 7.67. The van der Waals surface area contributed by atoms with Gasteiger partial charge in [0.2, 0.25) is 0 Å². The van der Waals surface area contributed by atoms with Crippen LogP contribution in [-0.4, -0.2) is 30.6 Å². The molecule has 0 spiro atoms. The minimum atomic E-state index is -0.0983. The van der Waals surface area contributed by atoms with E-state index in [9.17, 15) is 4.39 Å². The molecule has 0 aromatic heterocycles. The zero-order valence-corrected chi connectivity index (χ0v) is 11.9. The molecule has 0 aliphatic carbocycles. The highest BCUT2D eigenvalue weighted by Gasteiger charge is 2.17. The zero-order valence-electron chi connectivity index (χ0n) is 11.1. The number of nitrogens with zero attached hydrogens (tertiary/aromatic N) is 1. The molecule has 0 amide bonds. The molecule has 1 fully saturated rings. The second kappa shape index (κ2) is 6.43. The Labute approximate surface area is 113 Å². The van der Waals surface area contributed by atoms with Crippen molar-refractivity contribution in [3.05, 3.63) is 29.6 Å². The Morgan fingerprint density at radius 1 is 1.33 bits per heavy atom. The van der Waals surface area contributed by atoms with Gasteiger partial charge in [-0.05, 0) is 12.1 Å². The zero-order chi connectivity index (χ0) is 13.0. The Hall–Kier alpha value is -0.740. The standard InChI is InChI=1S/C14H21FN2S/c1-11(2)16-10-12-13(15)4-3-5-14(12)17-6-8-18-9-7-17/h3-5,11,16H,6-10H2,1-2H3. The van der Waals surface area contributed by atoms with Crippen LogP contribution in [0.2, 0.25) is 0 Å². The summed E-state index contributed by atoms with van der Waals surface area (Å²) in [6.07, 6.45) is 0. The monoisotopic (exact) mass is 268 g/mol. The molecule has 1 saturated heterocycles. The maximum Gasteiger partial charge on any atom is 0.129 e. The molecule has 18 heavy (non-hydrogen) atoms. The third-order valence-corrected chi connectivity index (χ3v) is 4.08. The van der Waals surface area contributed by atoms with Crippen LogP contribution in [0.3, 0.4) is 0 Å². The number of thioether (sulfide) groups is 1. The normalized spacial score (nSPS) is 16.3. The highest BCUT2D eigenvalue weighted by molar-refractivity contribution is 7.99. The summed E-state index contributed by atoms with van der Waals surface area (Å²) in [5.41, 5.74) is 1.86. The van der Waals surface area contributed by atoms with Gasteiger partial charge in [-0.15, -0.1) is 0 Å². The minimum Gasteiger partial charge on any atom is -0.370 e. The van der Waals surface area contributed by atoms with Crippen molar-refractivity contribution >= 4 is 17.4 Å². The minimum absolute atomic E-state index is 0.0983. The molecule has 0 saturated carbocycles. The van der Waals surface area contributed by atoms with Crippen molar-refractivity contribution in [1.82, 2.24) is 5.32 Å². The van der Waals surface area contributed by atoms with E-state index in [4.69, 9.17) is 0 Å². The van der Waals surface area contributed by atoms with E-state index in [-0.39, 0.29) is 5.82 Å². The van der Waals surface area contributed by atoms with E-state index >= 15 is 0 Å². The van der Waals surface area contributed by atoms with E-state index in [1.54, 1.807) is 6.07 Å². The van der Waals surface area contributed by atoms with Crippen molar-refractivity contribution in [2.24, 2.45) is 0 Å². The highest BCUT2D eigenvalue weighted by Crippen LogP contribution is 2.25. The number of halogens is 1. The Morgan fingerprint density at radius 3 is 2.72 bits per heavy atom. The SMILES string of the molecule is CC(C)NCc1c(F)cccc1N1CCSCC1. The predicted octanol–water partition coefficient (Wildman–Crippen LogP) is 2.88. The average Bonchev–Trinajstić information content (AvgIpc) is 2.38. The van der Waals surface area contributed by atoms with Crippen LogP contribution in [0.25, 0.3) is 0 Å². The van der Waals surface area contributed by atoms with Crippen molar-refractivity contribution in [2.45, 2.75) is 26.4 Å². The fraction of sp³-hybridized carbons (Fsp3) is 0.571. The van der Waals surface area contributed by atoms with E-state index < -0.39 is 0 Å². The van der Waals surface area contributed by atoms with Gasteiger partial charge in [-0.3, -0.25) is 0 Å². The number of nitrogens with one attached hydrogen (secondary N) is 1. The molecule has 4 heteroatoms. The van der Waals surface area contributed by atoms with E-state index in [0.717, 1.165) is 35.8 Å². The molecule has 2 nitrogen and oxygen atoms in total. The van der Waals surface area contributed by atoms with Crippen LogP contribution in [0.15, 0.2) is 18.2 Å². The summed E-state index contributed by atoms with van der Waals surface area (Å²) in [6.45, 7) is 6.80. The molecule has 1 aliphatic heterocycles. The first-order valence-electron chi connectivity index (χ1n) is 6.52. The number of hydrogen-bond acceptors (Lipinski definition) is 3. The van der Waals surface area contributed by atoms with Crippen LogP contribution in [0, 0.1) is 5.82 Å². The fourth-order valence-electron chi connectivity index (χ4n) is 2.13. The van der Waals surface area contributed by atoms with Gasteiger partial charge in [-0.1, -0.05) is 19.9 Å². The lowest BCUT2D eigenvalue weighted by molar-refractivity contribution is 0.552. The van der Waals surface area contributed by atoms with Crippen LogP contribution in [0.1, 0.15) is 19.4 Å².